The molecule has 0 radical (unpaired) electrons. The quantitative estimate of drug-likeness (QED) is 0.764. The van der Waals surface area contributed by atoms with Crippen molar-refractivity contribution < 1.29 is 24.0 Å². The third-order valence-electron chi connectivity index (χ3n) is 5.71. The van der Waals surface area contributed by atoms with Crippen molar-refractivity contribution in [3.05, 3.63) is 17.7 Å². The molecule has 0 aromatic heterocycles. The van der Waals surface area contributed by atoms with Gasteiger partial charge in [0.15, 0.2) is 11.5 Å². The van der Waals surface area contributed by atoms with E-state index in [4.69, 9.17) is 14.2 Å². The normalized spacial score (nSPS) is 24.8. The molecule has 3 rings (SSSR count). The van der Waals surface area contributed by atoms with Gasteiger partial charge in [0, 0.05) is 5.56 Å². The maximum absolute atomic E-state index is 5.47. The van der Waals surface area contributed by atoms with E-state index in [0.29, 0.717) is 5.75 Å². The lowest BCUT2D eigenvalue weighted by Gasteiger charge is -2.33. The maximum Gasteiger partial charge on any atom is 0.203 e. The lowest BCUT2D eigenvalue weighted by molar-refractivity contribution is -1.03. The van der Waals surface area contributed by atoms with Crippen LogP contribution in [0, 0.1) is 0 Å². The van der Waals surface area contributed by atoms with Crippen molar-refractivity contribution in [1.82, 2.24) is 0 Å². The highest BCUT2D eigenvalue weighted by molar-refractivity contribution is 5.53. The highest BCUT2D eigenvalue weighted by atomic mass is 16.5. The Balaban J connectivity index is 1.62. The maximum atomic E-state index is 5.47. The second-order valence-corrected chi connectivity index (χ2v) is 7.10. The zero-order chi connectivity index (χ0) is 16.9. The summed E-state index contributed by atoms with van der Waals surface area (Å²) in [4.78, 5) is 3.51. The van der Waals surface area contributed by atoms with Crippen LogP contribution < -0.4 is 24.0 Å². The Kier molecular flexibility index (Phi) is 5.85. The molecule has 0 unspecified atom stereocenters. The predicted octanol–water partition coefficient (Wildman–Crippen LogP) is -0.0616. The van der Waals surface area contributed by atoms with Gasteiger partial charge in [0.25, 0.3) is 0 Å². The average Bonchev–Trinajstić information content (AvgIpc) is 3.16. The molecule has 1 saturated carbocycles. The van der Waals surface area contributed by atoms with Crippen LogP contribution in [0.15, 0.2) is 12.1 Å². The molecule has 1 aromatic rings. The minimum atomic E-state index is 0.675. The second-order valence-electron chi connectivity index (χ2n) is 7.10. The summed E-state index contributed by atoms with van der Waals surface area (Å²) >= 11 is 0. The first-order chi connectivity index (χ1) is 11.7. The molecule has 1 saturated heterocycles. The van der Waals surface area contributed by atoms with E-state index < -0.39 is 0 Å². The van der Waals surface area contributed by atoms with Crippen molar-refractivity contribution in [3.8, 4) is 17.2 Å². The molecule has 0 atom stereocenters. The number of nitrogens with one attached hydrogen (secondary N) is 2. The molecule has 1 aliphatic carbocycles. The van der Waals surface area contributed by atoms with Gasteiger partial charge in [0.2, 0.25) is 5.75 Å². The smallest absolute Gasteiger partial charge is 0.203 e. The Bertz CT molecular complexity index is 510. The zero-order valence-electron chi connectivity index (χ0n) is 15.3. The van der Waals surface area contributed by atoms with E-state index in [-0.39, 0.29) is 0 Å². The standard InChI is InChI=1S/C19H30N2O3/c1-22-17-12-15(13-18(23-2)19(17)24-3)14-20-8-10-21(11-9-20)16-6-4-5-7-16/h12-13,16H,4-11,14H2,1-3H3/p+2. The summed E-state index contributed by atoms with van der Waals surface area (Å²) in [5, 5.41) is 0. The van der Waals surface area contributed by atoms with Gasteiger partial charge < -0.3 is 24.0 Å². The Morgan fingerprint density at radius 3 is 1.96 bits per heavy atom. The van der Waals surface area contributed by atoms with E-state index in [2.05, 4.69) is 12.1 Å². The third-order valence-corrected chi connectivity index (χ3v) is 5.71. The van der Waals surface area contributed by atoms with Crippen molar-refractivity contribution in [2.24, 2.45) is 0 Å². The summed E-state index contributed by atoms with van der Waals surface area (Å²) in [6.07, 6.45) is 5.77. The lowest BCUT2D eigenvalue weighted by Crippen LogP contribution is -3.29. The molecule has 0 spiro atoms. The monoisotopic (exact) mass is 336 g/mol. The average molecular weight is 336 g/mol. The third kappa shape index (κ3) is 3.78. The van der Waals surface area contributed by atoms with Gasteiger partial charge in [-0.1, -0.05) is 0 Å². The lowest BCUT2D eigenvalue weighted by atomic mass is 10.1. The van der Waals surface area contributed by atoms with Crippen molar-refractivity contribution in [2.75, 3.05) is 47.5 Å². The Morgan fingerprint density at radius 2 is 1.46 bits per heavy atom. The summed E-state index contributed by atoms with van der Waals surface area (Å²) in [6.45, 7) is 6.15. The van der Waals surface area contributed by atoms with Gasteiger partial charge in [0.05, 0.1) is 27.4 Å². The minimum absolute atomic E-state index is 0.675. The Hall–Kier alpha value is -1.46. The molecule has 1 aromatic carbocycles. The number of methoxy groups -OCH3 is 3. The minimum Gasteiger partial charge on any atom is -0.493 e. The highest BCUT2D eigenvalue weighted by Crippen LogP contribution is 2.37. The van der Waals surface area contributed by atoms with E-state index in [0.717, 1.165) is 24.1 Å². The van der Waals surface area contributed by atoms with Gasteiger partial charge in [-0.25, -0.2) is 0 Å². The van der Waals surface area contributed by atoms with Crippen LogP contribution in [0.1, 0.15) is 31.2 Å². The summed E-state index contributed by atoms with van der Waals surface area (Å²) in [5.74, 6) is 2.18. The molecule has 24 heavy (non-hydrogen) atoms. The molecule has 2 aliphatic rings. The summed E-state index contributed by atoms with van der Waals surface area (Å²) in [5.41, 5.74) is 1.25. The first-order valence-corrected chi connectivity index (χ1v) is 9.22. The van der Waals surface area contributed by atoms with Crippen molar-refractivity contribution in [1.29, 1.82) is 0 Å². The van der Waals surface area contributed by atoms with Crippen molar-refractivity contribution in [2.45, 2.75) is 38.3 Å². The predicted molar refractivity (Wildman–Crippen MR) is 93.5 cm³/mol. The largest absolute Gasteiger partial charge is 0.493 e. The van der Waals surface area contributed by atoms with Gasteiger partial charge >= 0.3 is 0 Å². The van der Waals surface area contributed by atoms with Crippen LogP contribution in [-0.4, -0.2) is 53.6 Å². The van der Waals surface area contributed by atoms with Gasteiger partial charge in [-0.15, -0.1) is 0 Å². The number of rotatable bonds is 6. The van der Waals surface area contributed by atoms with Gasteiger partial charge in [-0.3, -0.25) is 0 Å². The molecule has 1 heterocycles. The van der Waals surface area contributed by atoms with Crippen LogP contribution in [0.3, 0.4) is 0 Å². The first-order valence-electron chi connectivity index (χ1n) is 9.22. The van der Waals surface area contributed by atoms with E-state index in [1.54, 1.807) is 26.2 Å². The number of ether oxygens (including phenoxy) is 3. The van der Waals surface area contributed by atoms with Gasteiger partial charge in [0.1, 0.15) is 32.7 Å². The van der Waals surface area contributed by atoms with E-state index in [9.17, 15) is 0 Å². The molecule has 2 fully saturated rings. The van der Waals surface area contributed by atoms with E-state index in [1.165, 1.54) is 57.4 Å². The second kappa shape index (κ2) is 8.08. The summed E-state index contributed by atoms with van der Waals surface area (Å²) < 4.78 is 16.4. The van der Waals surface area contributed by atoms with Crippen molar-refractivity contribution in [3.63, 3.8) is 0 Å². The zero-order valence-corrected chi connectivity index (χ0v) is 15.3. The van der Waals surface area contributed by atoms with E-state index >= 15 is 0 Å². The molecule has 0 amide bonds. The van der Waals surface area contributed by atoms with Crippen LogP contribution in [0.5, 0.6) is 17.2 Å². The fraction of sp³-hybridized carbons (Fsp3) is 0.684. The van der Waals surface area contributed by atoms with Crippen LogP contribution in [0.4, 0.5) is 0 Å². The number of hydrogen-bond acceptors (Lipinski definition) is 3. The molecular formula is C19H32N2O3+2. The Labute approximate surface area is 145 Å². The number of benzene rings is 1. The van der Waals surface area contributed by atoms with Gasteiger partial charge in [-0.05, 0) is 37.8 Å². The number of quaternary nitrogens is 2. The Morgan fingerprint density at radius 1 is 0.875 bits per heavy atom. The van der Waals surface area contributed by atoms with Crippen LogP contribution in [-0.2, 0) is 6.54 Å². The van der Waals surface area contributed by atoms with Crippen LogP contribution in [0.25, 0.3) is 0 Å². The highest BCUT2D eigenvalue weighted by Gasteiger charge is 2.31. The molecule has 0 bridgehead atoms. The number of hydrogen-bond donors (Lipinski definition) is 2. The topological polar surface area (TPSA) is 36.6 Å². The molecule has 5 nitrogen and oxygen atoms in total. The van der Waals surface area contributed by atoms with Crippen molar-refractivity contribution >= 4 is 0 Å². The summed E-state index contributed by atoms with van der Waals surface area (Å²) in [7, 11) is 5.01. The first kappa shape index (κ1) is 17.4. The van der Waals surface area contributed by atoms with E-state index in [1.807, 2.05) is 4.90 Å². The fourth-order valence-electron chi connectivity index (χ4n) is 4.37. The number of piperazine rings is 1. The van der Waals surface area contributed by atoms with Gasteiger partial charge in [-0.2, -0.15) is 0 Å². The molecule has 2 N–H and O–H groups in total. The molecule has 134 valence electrons. The fourth-order valence-corrected chi connectivity index (χ4v) is 4.37. The SMILES string of the molecule is COc1cc(C[NH+]2CC[NH+](C3CCCC3)CC2)cc(OC)c1OC. The summed E-state index contributed by atoms with van der Waals surface area (Å²) in [6, 6.07) is 5.11. The van der Waals surface area contributed by atoms with Crippen LogP contribution >= 0.6 is 0 Å². The van der Waals surface area contributed by atoms with Crippen LogP contribution in [0.2, 0.25) is 0 Å². The molecule has 5 heteroatoms. The molecule has 1 aliphatic heterocycles. The molecular weight excluding hydrogens is 304 g/mol.